The van der Waals surface area contributed by atoms with Crippen molar-refractivity contribution in [2.75, 3.05) is 0 Å². The zero-order chi connectivity index (χ0) is 13.8. The van der Waals surface area contributed by atoms with Crippen LogP contribution in [0, 0.1) is 0 Å². The van der Waals surface area contributed by atoms with Crippen molar-refractivity contribution in [2.24, 2.45) is 0 Å². The summed E-state index contributed by atoms with van der Waals surface area (Å²) in [7, 11) is 0. The van der Waals surface area contributed by atoms with Crippen LogP contribution in [0.1, 0.15) is 20.7 Å². The number of hydrogen-bond donors (Lipinski definition) is 1. The van der Waals surface area contributed by atoms with Crippen molar-refractivity contribution in [1.29, 1.82) is 0 Å². The van der Waals surface area contributed by atoms with Crippen molar-refractivity contribution in [3.63, 3.8) is 0 Å². The number of para-hydroxylation sites is 1. The Bertz CT molecular complexity index is 620. The molecule has 0 radical (unpaired) electrons. The fourth-order valence-corrected chi connectivity index (χ4v) is 1.61. The minimum Gasteiger partial charge on any atom is -0.478 e. The lowest BCUT2D eigenvalue weighted by Gasteiger charge is -2.05. The van der Waals surface area contributed by atoms with Crippen LogP contribution in [0.25, 0.3) is 0 Å². The Hall–Kier alpha value is -2.33. The molecule has 0 unspecified atom stereocenters. The van der Waals surface area contributed by atoms with Crippen molar-refractivity contribution in [2.45, 2.75) is 0 Å². The van der Waals surface area contributed by atoms with Crippen LogP contribution in [-0.2, 0) is 0 Å². The largest absolute Gasteiger partial charge is 0.478 e. The maximum atomic E-state index is 11.8. The lowest BCUT2D eigenvalue weighted by atomic mass is 10.1. The van der Waals surface area contributed by atoms with E-state index < -0.39 is 11.9 Å². The SMILES string of the molecule is O=C(O)c1ccc(C(=O)Oc2ccccc2Cl)cc1. The van der Waals surface area contributed by atoms with Gasteiger partial charge in [0.2, 0.25) is 0 Å². The van der Waals surface area contributed by atoms with Crippen molar-refractivity contribution >= 4 is 23.5 Å². The highest BCUT2D eigenvalue weighted by atomic mass is 35.5. The van der Waals surface area contributed by atoms with Gasteiger partial charge in [-0.25, -0.2) is 9.59 Å². The van der Waals surface area contributed by atoms with Gasteiger partial charge >= 0.3 is 11.9 Å². The van der Waals surface area contributed by atoms with Crippen molar-refractivity contribution in [3.8, 4) is 5.75 Å². The molecule has 2 aromatic carbocycles. The molecular formula is C14H9ClO4. The molecule has 5 heteroatoms. The Balaban J connectivity index is 2.16. The van der Waals surface area contributed by atoms with Crippen LogP contribution >= 0.6 is 11.6 Å². The van der Waals surface area contributed by atoms with E-state index in [4.69, 9.17) is 21.4 Å². The second kappa shape index (κ2) is 5.54. The number of carbonyl (C=O) groups excluding carboxylic acids is 1. The topological polar surface area (TPSA) is 63.6 Å². The van der Waals surface area contributed by atoms with Crippen LogP contribution in [0.15, 0.2) is 48.5 Å². The number of hydrogen-bond acceptors (Lipinski definition) is 3. The number of aromatic carboxylic acids is 1. The van der Waals surface area contributed by atoms with Crippen molar-refractivity contribution in [3.05, 3.63) is 64.7 Å². The van der Waals surface area contributed by atoms with Crippen LogP contribution in [0.5, 0.6) is 5.75 Å². The number of carboxylic acid groups (broad SMARTS) is 1. The molecule has 19 heavy (non-hydrogen) atoms. The fourth-order valence-electron chi connectivity index (χ4n) is 1.44. The number of esters is 1. The van der Waals surface area contributed by atoms with E-state index in [1.807, 2.05) is 0 Å². The Labute approximate surface area is 114 Å². The van der Waals surface area contributed by atoms with Gasteiger partial charge in [0.05, 0.1) is 16.1 Å². The number of halogens is 1. The highest BCUT2D eigenvalue weighted by Crippen LogP contribution is 2.24. The molecule has 1 N–H and O–H groups in total. The van der Waals surface area contributed by atoms with Crippen LogP contribution < -0.4 is 4.74 Å². The van der Waals surface area contributed by atoms with Gasteiger partial charge < -0.3 is 9.84 Å². The highest BCUT2D eigenvalue weighted by molar-refractivity contribution is 6.32. The smallest absolute Gasteiger partial charge is 0.343 e. The molecule has 0 spiro atoms. The normalized spacial score (nSPS) is 9.95. The molecule has 0 fully saturated rings. The summed E-state index contributed by atoms with van der Waals surface area (Å²) in [6.45, 7) is 0. The standard InChI is InChI=1S/C14H9ClO4/c15-11-3-1-2-4-12(11)19-14(18)10-7-5-9(6-8-10)13(16)17/h1-8H,(H,16,17). The third-order valence-electron chi connectivity index (χ3n) is 2.41. The molecule has 2 rings (SSSR count). The third kappa shape index (κ3) is 3.11. The predicted octanol–water partition coefficient (Wildman–Crippen LogP) is 3.26. The second-order valence-electron chi connectivity index (χ2n) is 3.70. The molecule has 0 aromatic heterocycles. The van der Waals surface area contributed by atoms with Crippen LogP contribution in [0.2, 0.25) is 5.02 Å². The number of benzene rings is 2. The summed E-state index contributed by atoms with van der Waals surface area (Å²) in [5.41, 5.74) is 0.360. The maximum absolute atomic E-state index is 11.8. The first-order valence-electron chi connectivity index (χ1n) is 5.38. The predicted molar refractivity (Wildman–Crippen MR) is 69.8 cm³/mol. The molecule has 0 aliphatic heterocycles. The zero-order valence-electron chi connectivity index (χ0n) is 9.67. The van der Waals surface area contributed by atoms with E-state index in [0.717, 1.165) is 0 Å². The molecule has 2 aromatic rings. The number of rotatable bonds is 3. The number of carboxylic acids is 1. The summed E-state index contributed by atoms with van der Waals surface area (Å²) in [6.07, 6.45) is 0. The zero-order valence-corrected chi connectivity index (χ0v) is 10.4. The summed E-state index contributed by atoms with van der Waals surface area (Å²) in [6, 6.07) is 12.1. The summed E-state index contributed by atoms with van der Waals surface area (Å²) >= 11 is 5.87. The molecule has 0 bridgehead atoms. The minimum absolute atomic E-state index is 0.106. The van der Waals surface area contributed by atoms with Gasteiger partial charge in [-0.2, -0.15) is 0 Å². The third-order valence-corrected chi connectivity index (χ3v) is 2.72. The van der Waals surface area contributed by atoms with E-state index in [1.54, 1.807) is 24.3 Å². The van der Waals surface area contributed by atoms with Crippen LogP contribution in [0.4, 0.5) is 0 Å². The first kappa shape index (κ1) is 13.1. The summed E-state index contributed by atoms with van der Waals surface area (Å²) in [4.78, 5) is 22.5. The van der Waals surface area contributed by atoms with E-state index >= 15 is 0 Å². The minimum atomic E-state index is -1.05. The van der Waals surface area contributed by atoms with Crippen molar-refractivity contribution < 1.29 is 19.4 Å². The molecular weight excluding hydrogens is 268 g/mol. The van der Waals surface area contributed by atoms with E-state index in [2.05, 4.69) is 0 Å². The lowest BCUT2D eigenvalue weighted by Crippen LogP contribution is -2.09. The van der Waals surface area contributed by atoms with E-state index in [0.29, 0.717) is 5.02 Å². The average Bonchev–Trinajstić information content (AvgIpc) is 2.41. The first-order valence-corrected chi connectivity index (χ1v) is 5.76. The Morgan fingerprint density at radius 1 is 0.947 bits per heavy atom. The van der Waals surface area contributed by atoms with Gasteiger partial charge in [0.1, 0.15) is 5.75 Å². The van der Waals surface area contributed by atoms with Gasteiger partial charge in [0, 0.05) is 0 Å². The van der Waals surface area contributed by atoms with Gasteiger partial charge in [-0.05, 0) is 36.4 Å². The van der Waals surface area contributed by atoms with Gasteiger partial charge in [0.25, 0.3) is 0 Å². The molecule has 4 nitrogen and oxygen atoms in total. The van der Waals surface area contributed by atoms with Gasteiger partial charge in [-0.1, -0.05) is 23.7 Å². The lowest BCUT2D eigenvalue weighted by molar-refractivity contribution is 0.0691. The van der Waals surface area contributed by atoms with Crippen molar-refractivity contribution in [1.82, 2.24) is 0 Å². The average molecular weight is 277 g/mol. The summed E-state index contributed by atoms with van der Waals surface area (Å²) < 4.78 is 5.11. The monoisotopic (exact) mass is 276 g/mol. The van der Waals surface area contributed by atoms with E-state index in [9.17, 15) is 9.59 Å². The quantitative estimate of drug-likeness (QED) is 0.690. The molecule has 0 aliphatic rings. The summed E-state index contributed by atoms with van der Waals surface area (Å²) in [5.74, 6) is -1.38. The molecule has 0 aliphatic carbocycles. The van der Waals surface area contributed by atoms with E-state index in [-0.39, 0.29) is 16.9 Å². The Kier molecular flexibility index (Phi) is 3.82. The van der Waals surface area contributed by atoms with Crippen LogP contribution in [0.3, 0.4) is 0 Å². The molecule has 0 atom stereocenters. The highest BCUT2D eigenvalue weighted by Gasteiger charge is 2.11. The van der Waals surface area contributed by atoms with E-state index in [1.165, 1.54) is 24.3 Å². The second-order valence-corrected chi connectivity index (χ2v) is 4.11. The first-order chi connectivity index (χ1) is 9.08. The summed E-state index contributed by atoms with van der Waals surface area (Å²) in [5, 5.41) is 9.08. The molecule has 0 saturated carbocycles. The molecule has 96 valence electrons. The maximum Gasteiger partial charge on any atom is 0.343 e. The Morgan fingerprint density at radius 3 is 2.11 bits per heavy atom. The number of carbonyl (C=O) groups is 2. The molecule has 0 amide bonds. The van der Waals surface area contributed by atoms with Gasteiger partial charge in [-0.3, -0.25) is 0 Å². The number of ether oxygens (including phenoxy) is 1. The fraction of sp³-hybridized carbons (Fsp3) is 0. The Morgan fingerprint density at radius 2 is 1.53 bits per heavy atom. The molecule has 0 heterocycles. The molecule has 0 saturated heterocycles. The van der Waals surface area contributed by atoms with Gasteiger partial charge in [0.15, 0.2) is 0 Å². The van der Waals surface area contributed by atoms with Gasteiger partial charge in [-0.15, -0.1) is 0 Å². The van der Waals surface area contributed by atoms with Crippen LogP contribution in [-0.4, -0.2) is 17.0 Å².